The van der Waals surface area contributed by atoms with E-state index in [4.69, 9.17) is 0 Å². The van der Waals surface area contributed by atoms with Crippen LogP contribution in [0.1, 0.15) is 20.8 Å². The summed E-state index contributed by atoms with van der Waals surface area (Å²) in [5.74, 6) is 1.00. The smallest absolute Gasteiger partial charge is 0.214 e. The van der Waals surface area contributed by atoms with Gasteiger partial charge in [-0.05, 0) is 20.8 Å². The number of fused-ring (bicyclic) bond motifs is 1. The summed E-state index contributed by atoms with van der Waals surface area (Å²) < 4.78 is 4.18. The summed E-state index contributed by atoms with van der Waals surface area (Å²) in [6.07, 6.45) is 7.85. The molecule has 0 aromatic carbocycles. The minimum Gasteiger partial charge on any atom is -0.312 e. The van der Waals surface area contributed by atoms with E-state index in [1.807, 2.05) is 23.0 Å². The Morgan fingerprint density at radius 2 is 1.92 bits per heavy atom. The van der Waals surface area contributed by atoms with Gasteiger partial charge in [0, 0.05) is 30.3 Å². The van der Waals surface area contributed by atoms with E-state index in [-0.39, 0.29) is 5.54 Å². The zero-order chi connectivity index (χ0) is 8.77. The second-order valence-electron chi connectivity index (χ2n) is 3.97. The molecule has 0 saturated carbocycles. The zero-order valence-electron chi connectivity index (χ0n) is 7.65. The summed E-state index contributed by atoms with van der Waals surface area (Å²) in [5.41, 5.74) is 0.107. The maximum atomic E-state index is 4.27. The molecule has 3 heteroatoms. The van der Waals surface area contributed by atoms with Crippen LogP contribution in [-0.2, 0) is 5.54 Å². The van der Waals surface area contributed by atoms with Crippen LogP contribution in [0.5, 0.6) is 0 Å². The molecule has 0 N–H and O–H groups in total. The topological polar surface area (TPSA) is 22.2 Å². The maximum absolute atomic E-state index is 4.27. The van der Waals surface area contributed by atoms with Crippen molar-refractivity contribution in [1.82, 2.24) is 14.0 Å². The molecule has 0 spiro atoms. The van der Waals surface area contributed by atoms with Crippen LogP contribution in [0.3, 0.4) is 0 Å². The van der Waals surface area contributed by atoms with E-state index in [2.05, 4.69) is 36.5 Å². The largest absolute Gasteiger partial charge is 0.312 e. The maximum Gasteiger partial charge on any atom is 0.214 e. The third kappa shape index (κ3) is 0.932. The summed E-state index contributed by atoms with van der Waals surface area (Å²) >= 11 is 0. The molecule has 12 heavy (non-hydrogen) atoms. The van der Waals surface area contributed by atoms with Crippen molar-refractivity contribution in [2.45, 2.75) is 26.3 Å². The van der Waals surface area contributed by atoms with Gasteiger partial charge in [-0.15, -0.1) is 0 Å². The summed E-state index contributed by atoms with van der Waals surface area (Å²) in [6.45, 7) is 6.51. The highest BCUT2D eigenvalue weighted by Crippen LogP contribution is 2.16. The van der Waals surface area contributed by atoms with Gasteiger partial charge in [-0.1, -0.05) is 0 Å². The summed E-state index contributed by atoms with van der Waals surface area (Å²) in [4.78, 5) is 4.27. The molecule has 0 saturated heterocycles. The van der Waals surface area contributed by atoms with Gasteiger partial charge in [0.1, 0.15) is 0 Å². The van der Waals surface area contributed by atoms with Crippen LogP contribution in [0.15, 0.2) is 24.8 Å². The molecule has 0 bridgehead atoms. The molecule has 0 radical (unpaired) electrons. The Morgan fingerprint density at radius 3 is 2.58 bits per heavy atom. The number of hydrogen-bond donors (Lipinski definition) is 0. The fourth-order valence-corrected chi connectivity index (χ4v) is 1.34. The number of nitrogens with zero attached hydrogens (tertiary/aromatic N) is 3. The quantitative estimate of drug-likeness (QED) is 0.581. The molecular weight excluding hydrogens is 150 g/mol. The highest BCUT2D eigenvalue weighted by Gasteiger charge is 2.15. The molecule has 2 rings (SSSR count). The number of hydrogen-bond acceptors (Lipinski definition) is 1. The van der Waals surface area contributed by atoms with Crippen molar-refractivity contribution in [3.63, 3.8) is 0 Å². The van der Waals surface area contributed by atoms with Crippen molar-refractivity contribution in [2.75, 3.05) is 0 Å². The normalized spacial score (nSPS) is 12.6. The van der Waals surface area contributed by atoms with E-state index in [9.17, 15) is 0 Å². The molecular formula is C9H13N3. The van der Waals surface area contributed by atoms with Crippen LogP contribution in [0.4, 0.5) is 0 Å². The van der Waals surface area contributed by atoms with Gasteiger partial charge >= 0.3 is 0 Å². The van der Waals surface area contributed by atoms with Crippen LogP contribution in [0, 0.1) is 0 Å². The van der Waals surface area contributed by atoms with Crippen LogP contribution in [-0.4, -0.2) is 14.0 Å². The minimum atomic E-state index is 0.107. The Balaban J connectivity index is 2.69. The SMILES string of the molecule is CC(C)(C)n1ccn2ccnc12. The Morgan fingerprint density at radius 1 is 1.17 bits per heavy atom. The second kappa shape index (κ2) is 2.12. The van der Waals surface area contributed by atoms with Crippen molar-refractivity contribution in [3.05, 3.63) is 24.8 Å². The van der Waals surface area contributed by atoms with Crippen molar-refractivity contribution >= 4 is 5.78 Å². The van der Waals surface area contributed by atoms with Gasteiger partial charge < -0.3 is 4.57 Å². The van der Waals surface area contributed by atoms with E-state index >= 15 is 0 Å². The molecule has 0 atom stereocenters. The average Bonchev–Trinajstić information content (AvgIpc) is 2.37. The monoisotopic (exact) mass is 163 g/mol. The van der Waals surface area contributed by atoms with Crippen LogP contribution in [0.25, 0.3) is 5.78 Å². The Labute approximate surface area is 71.6 Å². The van der Waals surface area contributed by atoms with Crippen molar-refractivity contribution < 1.29 is 0 Å². The molecule has 0 aliphatic carbocycles. The van der Waals surface area contributed by atoms with Gasteiger partial charge in [0.15, 0.2) is 0 Å². The molecule has 0 aliphatic rings. The van der Waals surface area contributed by atoms with Crippen molar-refractivity contribution in [2.24, 2.45) is 0 Å². The Kier molecular flexibility index (Phi) is 1.31. The molecule has 0 amide bonds. The van der Waals surface area contributed by atoms with Gasteiger partial charge in [0.05, 0.1) is 0 Å². The lowest BCUT2D eigenvalue weighted by Crippen LogP contribution is -2.20. The molecule has 64 valence electrons. The molecule has 0 aliphatic heterocycles. The van der Waals surface area contributed by atoms with E-state index in [0.29, 0.717) is 0 Å². The predicted octanol–water partition coefficient (Wildman–Crippen LogP) is 1.89. The van der Waals surface area contributed by atoms with Gasteiger partial charge in [-0.2, -0.15) is 0 Å². The number of imidazole rings is 2. The lowest BCUT2D eigenvalue weighted by molar-refractivity contribution is 0.407. The third-order valence-corrected chi connectivity index (χ3v) is 1.96. The van der Waals surface area contributed by atoms with E-state index in [1.54, 1.807) is 0 Å². The van der Waals surface area contributed by atoms with Gasteiger partial charge in [-0.25, -0.2) is 4.98 Å². The highest BCUT2D eigenvalue weighted by molar-refractivity contribution is 5.31. The molecule has 2 aromatic rings. The predicted molar refractivity (Wildman–Crippen MR) is 48.2 cm³/mol. The average molecular weight is 163 g/mol. The molecule has 0 fully saturated rings. The number of rotatable bonds is 0. The van der Waals surface area contributed by atoms with E-state index < -0.39 is 0 Å². The molecule has 0 unspecified atom stereocenters. The summed E-state index contributed by atoms with van der Waals surface area (Å²) in [7, 11) is 0. The Bertz CT molecular complexity index is 389. The summed E-state index contributed by atoms with van der Waals surface area (Å²) in [5, 5.41) is 0. The highest BCUT2D eigenvalue weighted by atomic mass is 15.2. The van der Waals surface area contributed by atoms with Gasteiger partial charge in [0.2, 0.25) is 5.78 Å². The number of aromatic nitrogens is 3. The van der Waals surface area contributed by atoms with Crippen LogP contribution >= 0.6 is 0 Å². The van der Waals surface area contributed by atoms with Gasteiger partial charge in [0.25, 0.3) is 0 Å². The standard InChI is InChI=1S/C9H13N3/c1-9(2,3)12-7-6-11-5-4-10-8(11)12/h4-7H,1-3H3. The van der Waals surface area contributed by atoms with Crippen LogP contribution in [0.2, 0.25) is 0 Å². The van der Waals surface area contributed by atoms with Crippen molar-refractivity contribution in [3.8, 4) is 0 Å². The molecule has 3 nitrogen and oxygen atoms in total. The first-order valence-corrected chi connectivity index (χ1v) is 4.09. The van der Waals surface area contributed by atoms with Gasteiger partial charge in [-0.3, -0.25) is 4.40 Å². The second-order valence-corrected chi connectivity index (χ2v) is 3.97. The first-order chi connectivity index (χ1) is 5.59. The Hall–Kier alpha value is -1.25. The lowest BCUT2D eigenvalue weighted by Gasteiger charge is -2.20. The van der Waals surface area contributed by atoms with Crippen molar-refractivity contribution in [1.29, 1.82) is 0 Å². The molecule has 2 aromatic heterocycles. The summed E-state index contributed by atoms with van der Waals surface area (Å²) in [6, 6.07) is 0. The zero-order valence-corrected chi connectivity index (χ0v) is 7.65. The fraction of sp³-hybridized carbons (Fsp3) is 0.444. The molecule has 2 heterocycles. The fourth-order valence-electron chi connectivity index (χ4n) is 1.34. The van der Waals surface area contributed by atoms with E-state index in [0.717, 1.165) is 5.78 Å². The minimum absolute atomic E-state index is 0.107. The lowest BCUT2D eigenvalue weighted by atomic mass is 10.1. The first kappa shape index (κ1) is 7.40. The third-order valence-electron chi connectivity index (χ3n) is 1.96. The van der Waals surface area contributed by atoms with E-state index in [1.165, 1.54) is 0 Å². The van der Waals surface area contributed by atoms with Crippen LogP contribution < -0.4 is 0 Å². The first-order valence-electron chi connectivity index (χ1n) is 4.09.